The number of aliphatic hydroxyl groups is 1. The van der Waals surface area contributed by atoms with E-state index in [0.717, 1.165) is 59.8 Å². The van der Waals surface area contributed by atoms with Crippen molar-refractivity contribution in [3.63, 3.8) is 0 Å². The summed E-state index contributed by atoms with van der Waals surface area (Å²) in [4.78, 5) is 5.20. The summed E-state index contributed by atoms with van der Waals surface area (Å²) in [6.07, 6.45) is 3.28. The molecule has 6 rings (SSSR count). The van der Waals surface area contributed by atoms with E-state index in [0.29, 0.717) is 28.7 Å². The molecule has 1 saturated carbocycles. The highest BCUT2D eigenvalue weighted by Crippen LogP contribution is 2.51. The Bertz CT molecular complexity index is 1450. The highest BCUT2D eigenvalue weighted by molar-refractivity contribution is 5.87. The van der Waals surface area contributed by atoms with Gasteiger partial charge in [0.05, 0.1) is 11.8 Å². The second-order valence-corrected chi connectivity index (χ2v) is 11.6. The molecule has 4 heteroatoms. The molecule has 0 radical (unpaired) electrons. The van der Waals surface area contributed by atoms with E-state index in [1.165, 1.54) is 12.1 Å². The van der Waals surface area contributed by atoms with Gasteiger partial charge in [-0.2, -0.15) is 0 Å². The van der Waals surface area contributed by atoms with Gasteiger partial charge in [0.15, 0.2) is 6.17 Å². The molecule has 4 aromatic rings. The van der Waals surface area contributed by atoms with Crippen molar-refractivity contribution in [2.75, 3.05) is 0 Å². The van der Waals surface area contributed by atoms with Gasteiger partial charge in [-0.3, -0.25) is 4.98 Å². The SMILES string of the molecule is CC1(C)Cc2nc(C3CCCC3)c(C(F)c3cccc4ccccc34)c(-c3ccc(F)cc3)c2C(O)C1. The molecule has 2 atom stereocenters. The standard InChI is InChI=1S/C33H33F2NO/c1-33(2)18-26-29(27(37)19-33)28(21-14-16-23(34)17-15-21)30(32(36-26)22-9-3-4-10-22)31(35)25-13-7-11-20-8-5-6-12-24(20)25/h5-8,11-17,22,27,31,37H,3-4,9-10,18-19H2,1-2H3. The maximum atomic E-state index is 17.2. The van der Waals surface area contributed by atoms with E-state index >= 15 is 4.39 Å². The van der Waals surface area contributed by atoms with Gasteiger partial charge < -0.3 is 5.11 Å². The van der Waals surface area contributed by atoms with Gasteiger partial charge in [-0.25, -0.2) is 8.78 Å². The molecule has 1 fully saturated rings. The van der Waals surface area contributed by atoms with Crippen molar-refractivity contribution in [1.82, 2.24) is 4.98 Å². The number of aliphatic hydroxyl groups excluding tert-OH is 1. The normalized spacial score (nSPS) is 20.2. The van der Waals surface area contributed by atoms with E-state index in [1.807, 2.05) is 42.5 Å². The summed E-state index contributed by atoms with van der Waals surface area (Å²) < 4.78 is 31.2. The fourth-order valence-electron chi connectivity index (χ4n) is 6.65. The van der Waals surface area contributed by atoms with Crippen LogP contribution >= 0.6 is 0 Å². The van der Waals surface area contributed by atoms with E-state index in [4.69, 9.17) is 4.98 Å². The smallest absolute Gasteiger partial charge is 0.153 e. The van der Waals surface area contributed by atoms with Crippen LogP contribution in [0.4, 0.5) is 8.78 Å². The second-order valence-electron chi connectivity index (χ2n) is 11.6. The van der Waals surface area contributed by atoms with Gasteiger partial charge in [0.25, 0.3) is 0 Å². The maximum Gasteiger partial charge on any atom is 0.153 e. The zero-order valence-electron chi connectivity index (χ0n) is 21.5. The van der Waals surface area contributed by atoms with Gasteiger partial charge in [0.1, 0.15) is 5.82 Å². The molecule has 0 aliphatic heterocycles. The van der Waals surface area contributed by atoms with Crippen molar-refractivity contribution in [3.8, 4) is 11.1 Å². The fourth-order valence-corrected chi connectivity index (χ4v) is 6.65. The van der Waals surface area contributed by atoms with Crippen LogP contribution in [0.15, 0.2) is 66.7 Å². The average Bonchev–Trinajstić information content (AvgIpc) is 3.42. The summed E-state index contributed by atoms with van der Waals surface area (Å²) in [6.45, 7) is 4.30. The third kappa shape index (κ3) is 4.35. The highest BCUT2D eigenvalue weighted by Gasteiger charge is 2.39. The van der Waals surface area contributed by atoms with Crippen LogP contribution in [0.5, 0.6) is 0 Å². The number of halogens is 2. The predicted molar refractivity (Wildman–Crippen MR) is 145 cm³/mol. The number of aromatic nitrogens is 1. The molecule has 2 nitrogen and oxygen atoms in total. The lowest BCUT2D eigenvalue weighted by atomic mass is 9.71. The van der Waals surface area contributed by atoms with Crippen molar-refractivity contribution >= 4 is 10.8 Å². The summed E-state index contributed by atoms with van der Waals surface area (Å²) in [5, 5.41) is 13.3. The Morgan fingerprint density at radius 3 is 2.41 bits per heavy atom. The summed E-state index contributed by atoms with van der Waals surface area (Å²) in [7, 11) is 0. The van der Waals surface area contributed by atoms with Crippen LogP contribution in [0.2, 0.25) is 0 Å². The summed E-state index contributed by atoms with van der Waals surface area (Å²) >= 11 is 0. The maximum absolute atomic E-state index is 17.2. The van der Waals surface area contributed by atoms with Crippen molar-refractivity contribution in [2.45, 2.75) is 70.6 Å². The summed E-state index contributed by atoms with van der Waals surface area (Å²) in [5.41, 5.74) is 4.87. The van der Waals surface area contributed by atoms with Crippen LogP contribution in [0, 0.1) is 11.2 Å². The van der Waals surface area contributed by atoms with Crippen LogP contribution in [0.3, 0.4) is 0 Å². The minimum Gasteiger partial charge on any atom is -0.388 e. The molecule has 1 N–H and O–H groups in total. The van der Waals surface area contributed by atoms with Crippen LogP contribution < -0.4 is 0 Å². The fraction of sp³-hybridized carbons (Fsp3) is 0.364. The zero-order chi connectivity index (χ0) is 25.7. The monoisotopic (exact) mass is 497 g/mol. The van der Waals surface area contributed by atoms with Gasteiger partial charge in [-0.1, -0.05) is 81.3 Å². The van der Waals surface area contributed by atoms with Crippen LogP contribution in [0.1, 0.15) is 92.2 Å². The largest absolute Gasteiger partial charge is 0.388 e. The van der Waals surface area contributed by atoms with Crippen LogP contribution in [0.25, 0.3) is 21.9 Å². The van der Waals surface area contributed by atoms with Gasteiger partial charge in [-0.05, 0) is 70.7 Å². The first-order valence-electron chi connectivity index (χ1n) is 13.4. The molecule has 0 amide bonds. The lowest BCUT2D eigenvalue weighted by Crippen LogP contribution is -2.29. The Hall–Kier alpha value is -3.11. The molecule has 3 aromatic carbocycles. The second kappa shape index (κ2) is 9.33. The highest BCUT2D eigenvalue weighted by atomic mass is 19.1. The van der Waals surface area contributed by atoms with Gasteiger partial charge >= 0.3 is 0 Å². The Labute approximate surface area is 217 Å². The number of pyridine rings is 1. The molecule has 0 spiro atoms. The van der Waals surface area contributed by atoms with Crippen LogP contribution in [-0.4, -0.2) is 10.1 Å². The molecule has 2 unspecified atom stereocenters. The van der Waals surface area contributed by atoms with Crippen molar-refractivity contribution < 1.29 is 13.9 Å². The number of rotatable bonds is 4. The van der Waals surface area contributed by atoms with E-state index in [1.54, 1.807) is 12.1 Å². The molecule has 0 saturated heterocycles. The molecule has 2 aliphatic carbocycles. The molecular weight excluding hydrogens is 464 g/mol. The first-order chi connectivity index (χ1) is 17.8. The first-order valence-corrected chi connectivity index (χ1v) is 13.4. The third-order valence-electron chi connectivity index (χ3n) is 8.33. The van der Waals surface area contributed by atoms with E-state index in [2.05, 4.69) is 13.8 Å². The van der Waals surface area contributed by atoms with Gasteiger partial charge in [-0.15, -0.1) is 0 Å². The number of nitrogens with zero attached hydrogens (tertiary/aromatic N) is 1. The molecule has 37 heavy (non-hydrogen) atoms. The minimum absolute atomic E-state index is 0.112. The molecular formula is C33H33F2NO. The molecule has 0 bridgehead atoms. The van der Waals surface area contributed by atoms with E-state index in [-0.39, 0.29) is 17.2 Å². The Morgan fingerprint density at radius 2 is 1.65 bits per heavy atom. The van der Waals surface area contributed by atoms with E-state index < -0.39 is 12.3 Å². The van der Waals surface area contributed by atoms with Crippen LogP contribution in [-0.2, 0) is 6.42 Å². The number of hydrogen-bond acceptors (Lipinski definition) is 2. The molecule has 2 aliphatic rings. The van der Waals surface area contributed by atoms with Gasteiger partial charge in [0, 0.05) is 22.7 Å². The van der Waals surface area contributed by atoms with Crippen molar-refractivity contribution in [2.24, 2.45) is 5.41 Å². The Morgan fingerprint density at radius 1 is 0.946 bits per heavy atom. The first kappa shape index (κ1) is 24.2. The van der Waals surface area contributed by atoms with Crippen molar-refractivity contribution in [3.05, 3.63) is 101 Å². The Balaban J connectivity index is 1.68. The third-order valence-corrected chi connectivity index (χ3v) is 8.33. The Kier molecular flexibility index (Phi) is 6.11. The number of alkyl halides is 1. The lowest BCUT2D eigenvalue weighted by Gasteiger charge is -2.37. The number of hydrogen-bond donors (Lipinski definition) is 1. The minimum atomic E-state index is -1.43. The molecule has 1 aromatic heterocycles. The molecule has 190 valence electrons. The quantitative estimate of drug-likeness (QED) is 0.306. The van der Waals surface area contributed by atoms with E-state index in [9.17, 15) is 9.50 Å². The lowest BCUT2D eigenvalue weighted by molar-refractivity contribution is 0.0983. The predicted octanol–water partition coefficient (Wildman–Crippen LogP) is 8.76. The summed E-state index contributed by atoms with van der Waals surface area (Å²) in [6, 6.07) is 19.9. The molecule has 1 heterocycles. The zero-order valence-corrected chi connectivity index (χ0v) is 21.5. The van der Waals surface area contributed by atoms with Crippen molar-refractivity contribution in [1.29, 1.82) is 0 Å². The summed E-state index contributed by atoms with van der Waals surface area (Å²) in [5.74, 6) is -0.160. The van der Waals surface area contributed by atoms with Gasteiger partial charge in [0.2, 0.25) is 0 Å². The average molecular weight is 498 g/mol. The topological polar surface area (TPSA) is 33.1 Å². The number of benzene rings is 3. The number of fused-ring (bicyclic) bond motifs is 2.